The third kappa shape index (κ3) is 3.81. The number of fused-ring (bicyclic) bond motifs is 1. The molecule has 1 saturated heterocycles. The van der Waals surface area contributed by atoms with Crippen LogP contribution in [0.3, 0.4) is 0 Å². The molecule has 1 aromatic heterocycles. The second kappa shape index (κ2) is 7.65. The quantitative estimate of drug-likeness (QED) is 0.489. The molecule has 1 aromatic carbocycles. The largest absolute Gasteiger partial charge is 0.464 e. The van der Waals surface area contributed by atoms with Gasteiger partial charge < -0.3 is 33.9 Å². The molecule has 9 heteroatoms. The van der Waals surface area contributed by atoms with Gasteiger partial charge in [0.15, 0.2) is 6.10 Å². The van der Waals surface area contributed by atoms with Gasteiger partial charge in [0, 0.05) is 17.5 Å². The molecule has 0 bridgehead atoms. The molecule has 0 saturated carbocycles. The first-order valence-corrected chi connectivity index (χ1v) is 8.39. The van der Waals surface area contributed by atoms with Gasteiger partial charge in [-0.2, -0.15) is 0 Å². The lowest BCUT2D eigenvalue weighted by Crippen LogP contribution is -2.61. The van der Waals surface area contributed by atoms with Crippen LogP contribution in [-0.4, -0.2) is 58.6 Å². The zero-order chi connectivity index (χ0) is 19.7. The van der Waals surface area contributed by atoms with Gasteiger partial charge in [-0.05, 0) is 31.5 Å². The molecule has 2 heterocycles. The molecular weight excluding hydrogens is 360 g/mol. The lowest BCUT2D eigenvalue weighted by Gasteiger charge is -2.38. The van der Waals surface area contributed by atoms with Crippen LogP contribution in [0, 0.1) is 6.92 Å². The molecule has 4 unspecified atom stereocenters. The van der Waals surface area contributed by atoms with Crippen molar-refractivity contribution < 1.29 is 38.7 Å². The SMILES string of the molecule is CCOC(=O)C1OC(Oc2ccc3c(C)cc(=O)oc3c2)C(O)[C@H](O)C1O. The Morgan fingerprint density at radius 3 is 2.59 bits per heavy atom. The average molecular weight is 380 g/mol. The third-order valence-electron chi connectivity index (χ3n) is 4.26. The number of carbonyl (C=O) groups excluding carboxylic acids is 1. The van der Waals surface area contributed by atoms with E-state index in [1.807, 2.05) is 0 Å². The fourth-order valence-corrected chi connectivity index (χ4v) is 2.88. The molecule has 27 heavy (non-hydrogen) atoms. The van der Waals surface area contributed by atoms with Crippen molar-refractivity contribution in [2.24, 2.45) is 0 Å². The molecule has 1 aliphatic rings. The topological polar surface area (TPSA) is 136 Å². The van der Waals surface area contributed by atoms with Crippen molar-refractivity contribution in [2.75, 3.05) is 6.61 Å². The van der Waals surface area contributed by atoms with Crippen molar-refractivity contribution in [1.29, 1.82) is 0 Å². The van der Waals surface area contributed by atoms with Gasteiger partial charge in [0.05, 0.1) is 6.61 Å². The first-order chi connectivity index (χ1) is 12.8. The minimum atomic E-state index is -1.68. The van der Waals surface area contributed by atoms with Crippen molar-refractivity contribution in [1.82, 2.24) is 0 Å². The average Bonchev–Trinajstić information content (AvgIpc) is 2.61. The van der Waals surface area contributed by atoms with Gasteiger partial charge in [-0.25, -0.2) is 9.59 Å². The van der Waals surface area contributed by atoms with E-state index in [9.17, 15) is 24.9 Å². The predicted molar refractivity (Wildman–Crippen MR) is 91.2 cm³/mol. The molecule has 0 aliphatic carbocycles. The molecule has 0 radical (unpaired) electrons. The highest BCUT2D eigenvalue weighted by atomic mass is 16.7. The Morgan fingerprint density at radius 1 is 1.15 bits per heavy atom. The molecule has 2 aromatic rings. The van der Waals surface area contributed by atoms with Crippen LogP contribution in [0.1, 0.15) is 12.5 Å². The Labute approximate surface area is 153 Å². The molecular formula is C18H20O9. The zero-order valence-electron chi connectivity index (χ0n) is 14.7. The number of ether oxygens (including phenoxy) is 3. The maximum absolute atomic E-state index is 11.9. The Bertz CT molecular complexity index is 890. The summed E-state index contributed by atoms with van der Waals surface area (Å²) < 4.78 is 20.8. The number of aliphatic hydroxyl groups is 3. The summed E-state index contributed by atoms with van der Waals surface area (Å²) >= 11 is 0. The highest BCUT2D eigenvalue weighted by molar-refractivity contribution is 5.81. The van der Waals surface area contributed by atoms with Gasteiger partial charge >= 0.3 is 11.6 Å². The molecule has 1 fully saturated rings. The minimum absolute atomic E-state index is 0.0542. The van der Waals surface area contributed by atoms with E-state index >= 15 is 0 Å². The Kier molecular flexibility index (Phi) is 5.47. The van der Waals surface area contributed by atoms with E-state index in [0.717, 1.165) is 5.56 Å². The number of carbonyl (C=O) groups is 1. The second-order valence-corrected chi connectivity index (χ2v) is 6.17. The van der Waals surface area contributed by atoms with Crippen molar-refractivity contribution in [3.8, 4) is 5.75 Å². The monoisotopic (exact) mass is 380 g/mol. The van der Waals surface area contributed by atoms with Crippen molar-refractivity contribution in [3.05, 3.63) is 40.2 Å². The van der Waals surface area contributed by atoms with Crippen molar-refractivity contribution in [3.63, 3.8) is 0 Å². The standard InChI is InChI=1S/C18H20O9/c1-3-24-17(23)16-14(21)13(20)15(22)18(27-16)25-9-4-5-10-8(2)6-12(19)26-11(10)7-9/h4-7,13-16,18,20-22H,3H2,1-2H3/t13-,14?,15?,16?,18?/m1/s1. The molecule has 3 rings (SSSR count). The van der Waals surface area contributed by atoms with Gasteiger partial charge in [-0.1, -0.05) is 0 Å². The molecule has 0 spiro atoms. The van der Waals surface area contributed by atoms with Gasteiger partial charge in [-0.3, -0.25) is 0 Å². The highest BCUT2D eigenvalue weighted by Crippen LogP contribution is 2.27. The zero-order valence-corrected chi connectivity index (χ0v) is 14.7. The second-order valence-electron chi connectivity index (χ2n) is 6.17. The van der Waals surface area contributed by atoms with E-state index in [2.05, 4.69) is 0 Å². The lowest BCUT2D eigenvalue weighted by molar-refractivity contribution is -0.272. The van der Waals surface area contributed by atoms with Gasteiger partial charge in [0.25, 0.3) is 0 Å². The Balaban J connectivity index is 1.86. The molecule has 1 aliphatic heterocycles. The number of esters is 1. The first kappa shape index (κ1) is 19.3. The number of benzene rings is 1. The number of aliphatic hydroxyl groups excluding tert-OH is 3. The Morgan fingerprint density at radius 2 is 1.89 bits per heavy atom. The van der Waals surface area contributed by atoms with E-state index in [1.54, 1.807) is 26.0 Å². The normalized spacial score (nSPS) is 28.1. The van der Waals surface area contributed by atoms with E-state index in [0.29, 0.717) is 5.39 Å². The van der Waals surface area contributed by atoms with Crippen LogP contribution >= 0.6 is 0 Å². The Hall–Kier alpha value is -2.46. The number of aryl methyl sites for hydroxylation is 1. The van der Waals surface area contributed by atoms with E-state index in [1.165, 1.54) is 12.1 Å². The van der Waals surface area contributed by atoms with Gasteiger partial charge in [-0.15, -0.1) is 0 Å². The summed E-state index contributed by atoms with van der Waals surface area (Å²) in [5.74, 6) is -0.712. The number of hydrogen-bond acceptors (Lipinski definition) is 9. The van der Waals surface area contributed by atoms with Crippen LogP contribution in [0.2, 0.25) is 0 Å². The summed E-state index contributed by atoms with van der Waals surface area (Å²) in [6.45, 7) is 3.39. The lowest BCUT2D eigenvalue weighted by atomic mass is 9.99. The maximum atomic E-state index is 11.9. The molecule has 5 atom stereocenters. The van der Waals surface area contributed by atoms with Crippen LogP contribution in [0.25, 0.3) is 11.0 Å². The summed E-state index contributed by atoms with van der Waals surface area (Å²) in [6, 6.07) is 6.00. The van der Waals surface area contributed by atoms with Crippen LogP contribution in [0.4, 0.5) is 0 Å². The highest BCUT2D eigenvalue weighted by Gasteiger charge is 2.48. The van der Waals surface area contributed by atoms with E-state index < -0.39 is 42.3 Å². The van der Waals surface area contributed by atoms with Crippen LogP contribution in [0.5, 0.6) is 5.75 Å². The van der Waals surface area contributed by atoms with Crippen LogP contribution in [0.15, 0.2) is 33.5 Å². The molecule has 3 N–H and O–H groups in total. The third-order valence-corrected chi connectivity index (χ3v) is 4.26. The summed E-state index contributed by atoms with van der Waals surface area (Å²) in [6.07, 6.45) is -7.94. The molecule has 0 amide bonds. The van der Waals surface area contributed by atoms with Crippen LogP contribution in [-0.2, 0) is 14.3 Å². The predicted octanol–water partition coefficient (Wildman–Crippen LogP) is -0.149. The number of hydrogen-bond donors (Lipinski definition) is 3. The summed E-state index contributed by atoms with van der Waals surface area (Å²) in [7, 11) is 0. The molecule has 146 valence electrons. The fraction of sp³-hybridized carbons (Fsp3) is 0.444. The van der Waals surface area contributed by atoms with Crippen LogP contribution < -0.4 is 10.4 Å². The van der Waals surface area contributed by atoms with Gasteiger partial charge in [0.1, 0.15) is 29.6 Å². The first-order valence-electron chi connectivity index (χ1n) is 8.39. The fourth-order valence-electron chi connectivity index (χ4n) is 2.88. The van der Waals surface area contributed by atoms with Crippen molar-refractivity contribution in [2.45, 2.75) is 44.6 Å². The maximum Gasteiger partial charge on any atom is 0.338 e. The summed E-state index contributed by atoms with van der Waals surface area (Å²) in [5, 5.41) is 30.8. The van der Waals surface area contributed by atoms with E-state index in [4.69, 9.17) is 18.6 Å². The molecule has 9 nitrogen and oxygen atoms in total. The minimum Gasteiger partial charge on any atom is -0.464 e. The summed E-state index contributed by atoms with van der Waals surface area (Å²) in [4.78, 5) is 23.4. The summed E-state index contributed by atoms with van der Waals surface area (Å²) in [5.41, 5.74) is 0.472. The van der Waals surface area contributed by atoms with Gasteiger partial charge in [0.2, 0.25) is 6.29 Å². The van der Waals surface area contributed by atoms with Crippen molar-refractivity contribution >= 4 is 16.9 Å². The van der Waals surface area contributed by atoms with E-state index in [-0.39, 0.29) is 17.9 Å². The number of rotatable bonds is 4. The smallest absolute Gasteiger partial charge is 0.338 e.